The Morgan fingerprint density at radius 3 is 2.43 bits per heavy atom. The number of hydrogen-bond acceptors (Lipinski definition) is 3. The molecule has 3 rings (SSSR count). The highest BCUT2D eigenvalue weighted by Crippen LogP contribution is 2.32. The van der Waals surface area contributed by atoms with Crippen molar-refractivity contribution in [3.8, 4) is 0 Å². The van der Waals surface area contributed by atoms with Gasteiger partial charge in [-0.3, -0.25) is 4.79 Å². The van der Waals surface area contributed by atoms with Gasteiger partial charge in [0.25, 0.3) is 0 Å². The summed E-state index contributed by atoms with van der Waals surface area (Å²) in [7, 11) is -3.32. The molecule has 1 aliphatic carbocycles. The number of sulfone groups is 1. The van der Waals surface area contributed by atoms with Gasteiger partial charge in [-0.05, 0) is 37.8 Å². The van der Waals surface area contributed by atoms with Crippen LogP contribution in [0, 0.1) is 5.92 Å². The molecule has 0 aromatic heterocycles. The summed E-state index contributed by atoms with van der Waals surface area (Å²) in [4.78, 5) is 14.6. The third-order valence-corrected chi connectivity index (χ3v) is 6.44. The molecule has 1 unspecified atom stereocenters. The Morgan fingerprint density at radius 1 is 1.10 bits per heavy atom. The summed E-state index contributed by atoms with van der Waals surface area (Å²) >= 11 is 0. The summed E-state index contributed by atoms with van der Waals surface area (Å²) < 4.78 is 24.9. The molecule has 1 saturated carbocycles. The van der Waals surface area contributed by atoms with Gasteiger partial charge >= 0.3 is 0 Å². The van der Waals surface area contributed by atoms with Crippen LogP contribution in [0.3, 0.4) is 0 Å². The van der Waals surface area contributed by atoms with Crippen molar-refractivity contribution in [3.63, 3.8) is 0 Å². The predicted molar refractivity (Wildman–Crippen MR) is 80.6 cm³/mol. The van der Waals surface area contributed by atoms with Gasteiger partial charge in [-0.25, -0.2) is 8.42 Å². The van der Waals surface area contributed by atoms with Gasteiger partial charge in [0.2, 0.25) is 5.91 Å². The maximum atomic E-state index is 12.5. The van der Waals surface area contributed by atoms with Crippen LogP contribution in [-0.4, -0.2) is 37.6 Å². The highest BCUT2D eigenvalue weighted by Gasteiger charge is 2.37. The third-order valence-electron chi connectivity index (χ3n) is 4.63. The van der Waals surface area contributed by atoms with E-state index in [2.05, 4.69) is 0 Å². The molecule has 1 aliphatic heterocycles. The van der Waals surface area contributed by atoms with Crippen LogP contribution < -0.4 is 0 Å². The zero-order valence-corrected chi connectivity index (χ0v) is 12.9. The molecule has 4 nitrogen and oxygen atoms in total. The van der Waals surface area contributed by atoms with Gasteiger partial charge in [-0.15, -0.1) is 0 Å². The number of benzene rings is 1. The van der Waals surface area contributed by atoms with Crippen LogP contribution in [0.15, 0.2) is 35.2 Å². The Balaban J connectivity index is 1.72. The second-order valence-corrected chi connectivity index (χ2v) is 8.08. The van der Waals surface area contributed by atoms with Gasteiger partial charge in [0.05, 0.1) is 10.6 Å². The first kappa shape index (κ1) is 14.6. The molecule has 0 spiro atoms. The summed E-state index contributed by atoms with van der Waals surface area (Å²) in [6, 6.07) is 8.38. The average molecular weight is 307 g/mol. The fourth-order valence-corrected chi connectivity index (χ4v) is 4.78. The first-order chi connectivity index (χ1) is 10.1. The van der Waals surface area contributed by atoms with E-state index in [1.165, 1.54) is 0 Å². The minimum atomic E-state index is -3.32. The van der Waals surface area contributed by atoms with Crippen molar-refractivity contribution >= 4 is 15.7 Å². The standard InChI is InChI=1S/C16H21NO3S/c18-16(13-6-4-7-13)17-11-5-8-14(17)12-21(19,20)15-9-2-1-3-10-15/h1-3,9-10,13-14H,4-8,11-12H2. The largest absolute Gasteiger partial charge is 0.338 e. The molecule has 0 N–H and O–H groups in total. The molecule has 1 atom stereocenters. The first-order valence-electron chi connectivity index (χ1n) is 7.66. The summed E-state index contributed by atoms with van der Waals surface area (Å²) in [6.45, 7) is 0.713. The minimum absolute atomic E-state index is 0.0511. The topological polar surface area (TPSA) is 54.5 Å². The van der Waals surface area contributed by atoms with E-state index in [9.17, 15) is 13.2 Å². The van der Waals surface area contributed by atoms with Crippen LogP contribution in [0.2, 0.25) is 0 Å². The molecule has 0 bridgehead atoms. The molecule has 1 aromatic rings. The minimum Gasteiger partial charge on any atom is -0.338 e. The number of likely N-dealkylation sites (tertiary alicyclic amines) is 1. The van der Waals surface area contributed by atoms with Crippen molar-refractivity contribution in [3.05, 3.63) is 30.3 Å². The number of amides is 1. The maximum Gasteiger partial charge on any atom is 0.225 e. The number of carbonyl (C=O) groups excluding carboxylic acids is 1. The molecule has 1 amide bonds. The number of hydrogen-bond donors (Lipinski definition) is 0. The van der Waals surface area contributed by atoms with Crippen LogP contribution in [0.25, 0.3) is 0 Å². The molecular weight excluding hydrogens is 286 g/mol. The molecule has 1 saturated heterocycles. The second kappa shape index (κ2) is 5.79. The SMILES string of the molecule is O=C(C1CCC1)N1CCCC1CS(=O)(=O)c1ccccc1. The van der Waals surface area contributed by atoms with E-state index in [4.69, 9.17) is 0 Å². The fraction of sp³-hybridized carbons (Fsp3) is 0.562. The molecule has 114 valence electrons. The first-order valence-corrected chi connectivity index (χ1v) is 9.31. The number of rotatable bonds is 4. The van der Waals surface area contributed by atoms with Crippen molar-refractivity contribution in [2.45, 2.75) is 43.0 Å². The van der Waals surface area contributed by atoms with Crippen molar-refractivity contribution in [1.29, 1.82) is 0 Å². The third kappa shape index (κ3) is 2.98. The van der Waals surface area contributed by atoms with Gasteiger partial charge in [-0.2, -0.15) is 0 Å². The van der Waals surface area contributed by atoms with Crippen LogP contribution in [-0.2, 0) is 14.6 Å². The quantitative estimate of drug-likeness (QED) is 0.857. The Hall–Kier alpha value is -1.36. The lowest BCUT2D eigenvalue weighted by Crippen LogP contribution is -2.44. The lowest BCUT2D eigenvalue weighted by atomic mass is 9.84. The van der Waals surface area contributed by atoms with Crippen LogP contribution in [0.5, 0.6) is 0 Å². The predicted octanol–water partition coefficient (Wildman–Crippen LogP) is 2.25. The summed E-state index contributed by atoms with van der Waals surface area (Å²) in [6.07, 6.45) is 4.76. The monoisotopic (exact) mass is 307 g/mol. The Morgan fingerprint density at radius 2 is 1.81 bits per heavy atom. The molecule has 5 heteroatoms. The van der Waals surface area contributed by atoms with E-state index in [0.29, 0.717) is 11.4 Å². The van der Waals surface area contributed by atoms with Crippen LogP contribution in [0.4, 0.5) is 0 Å². The summed E-state index contributed by atoms with van der Waals surface area (Å²) in [5.41, 5.74) is 0. The van der Waals surface area contributed by atoms with Crippen molar-refractivity contribution < 1.29 is 13.2 Å². The lowest BCUT2D eigenvalue weighted by Gasteiger charge is -2.32. The fourth-order valence-electron chi connectivity index (χ4n) is 3.17. The molecule has 2 aliphatic rings. The van der Waals surface area contributed by atoms with E-state index in [1.54, 1.807) is 30.3 Å². The van der Waals surface area contributed by atoms with Gasteiger partial charge < -0.3 is 4.90 Å². The molecule has 21 heavy (non-hydrogen) atoms. The van der Waals surface area contributed by atoms with Gasteiger partial charge in [0, 0.05) is 18.5 Å². The molecule has 1 heterocycles. The molecule has 1 aromatic carbocycles. The number of carbonyl (C=O) groups is 1. The van der Waals surface area contributed by atoms with Crippen molar-refractivity contribution in [2.75, 3.05) is 12.3 Å². The van der Waals surface area contributed by atoms with Gasteiger partial charge in [0.15, 0.2) is 9.84 Å². The van der Waals surface area contributed by atoms with E-state index in [0.717, 1.165) is 32.1 Å². The zero-order valence-electron chi connectivity index (χ0n) is 12.1. The lowest BCUT2D eigenvalue weighted by molar-refractivity contribution is -0.138. The zero-order chi connectivity index (χ0) is 14.9. The Kier molecular flexibility index (Phi) is 4.02. The second-order valence-electron chi connectivity index (χ2n) is 6.05. The highest BCUT2D eigenvalue weighted by molar-refractivity contribution is 7.91. The Bertz CT molecular complexity index is 608. The van der Waals surface area contributed by atoms with Gasteiger partial charge in [0.1, 0.15) is 0 Å². The molecule has 0 radical (unpaired) electrons. The van der Waals surface area contributed by atoms with E-state index in [-0.39, 0.29) is 23.6 Å². The smallest absolute Gasteiger partial charge is 0.225 e. The average Bonchev–Trinajstić information content (AvgIpc) is 2.85. The molecule has 2 fully saturated rings. The Labute approximate surface area is 126 Å². The van der Waals surface area contributed by atoms with E-state index in [1.807, 2.05) is 4.90 Å². The van der Waals surface area contributed by atoms with Crippen LogP contribution >= 0.6 is 0 Å². The summed E-state index contributed by atoms with van der Waals surface area (Å²) in [5, 5.41) is 0. The van der Waals surface area contributed by atoms with Crippen LogP contribution in [0.1, 0.15) is 32.1 Å². The van der Waals surface area contributed by atoms with Gasteiger partial charge in [-0.1, -0.05) is 24.6 Å². The molecular formula is C16H21NO3S. The number of nitrogens with zero attached hydrogens (tertiary/aromatic N) is 1. The van der Waals surface area contributed by atoms with Crippen molar-refractivity contribution in [1.82, 2.24) is 4.90 Å². The maximum absolute atomic E-state index is 12.5. The normalized spacial score (nSPS) is 23.0. The van der Waals surface area contributed by atoms with E-state index < -0.39 is 9.84 Å². The van der Waals surface area contributed by atoms with Crippen molar-refractivity contribution in [2.24, 2.45) is 5.92 Å². The van der Waals surface area contributed by atoms with E-state index >= 15 is 0 Å². The highest BCUT2D eigenvalue weighted by atomic mass is 32.2. The summed E-state index contributed by atoms with van der Waals surface area (Å²) in [5.74, 6) is 0.368.